The van der Waals surface area contributed by atoms with Crippen LogP contribution in [0.15, 0.2) is 54.7 Å². The van der Waals surface area contributed by atoms with Gasteiger partial charge >= 0.3 is 0 Å². The topological polar surface area (TPSA) is 73.4 Å². The molecule has 1 spiro atoms. The maximum atomic E-state index is 14.2. The van der Waals surface area contributed by atoms with E-state index in [2.05, 4.69) is 16.0 Å². The predicted octanol–water partition coefficient (Wildman–Crippen LogP) is 2.91. The average molecular weight is 472 g/mol. The van der Waals surface area contributed by atoms with E-state index in [1.54, 1.807) is 0 Å². The van der Waals surface area contributed by atoms with Gasteiger partial charge in [0.1, 0.15) is 36.8 Å². The van der Waals surface area contributed by atoms with Crippen LogP contribution >= 0.6 is 0 Å². The monoisotopic (exact) mass is 471 g/mol. The van der Waals surface area contributed by atoms with E-state index in [0.717, 1.165) is 41.3 Å². The number of carbonyl (C=O) groups excluding carboxylic acids is 1. The summed E-state index contributed by atoms with van der Waals surface area (Å²) in [5, 5.41) is 0. The number of para-hydroxylation sites is 1. The molecule has 1 unspecified atom stereocenters. The lowest BCUT2D eigenvalue weighted by Gasteiger charge is -2.28. The number of morpholine rings is 1. The highest BCUT2D eigenvalue weighted by molar-refractivity contribution is 6.11. The lowest BCUT2D eigenvalue weighted by atomic mass is 9.77. The molecule has 0 radical (unpaired) electrons. The lowest BCUT2D eigenvalue weighted by molar-refractivity contribution is -0.122. The molecule has 0 bridgehead atoms. The first kappa shape index (κ1) is 20.6. The molecule has 4 aliphatic rings. The van der Waals surface area contributed by atoms with Crippen LogP contribution in [0.2, 0.25) is 0 Å². The highest BCUT2D eigenvalue weighted by atomic mass is 16.6. The average Bonchev–Trinajstić information content (AvgIpc) is 3.40. The van der Waals surface area contributed by atoms with E-state index in [1.807, 2.05) is 53.6 Å². The highest BCUT2D eigenvalue weighted by Gasteiger charge is 2.57. The van der Waals surface area contributed by atoms with Crippen LogP contribution in [0.4, 0.5) is 11.5 Å². The van der Waals surface area contributed by atoms with E-state index < -0.39 is 5.41 Å². The number of ether oxygens (including phenoxy) is 4. The number of benzene rings is 2. The smallest absolute Gasteiger partial charge is 0.246 e. The van der Waals surface area contributed by atoms with Gasteiger partial charge in [0, 0.05) is 36.6 Å². The quantitative estimate of drug-likeness (QED) is 0.582. The minimum Gasteiger partial charge on any atom is -0.491 e. The third-order valence-electron chi connectivity index (χ3n) is 7.30. The third kappa shape index (κ3) is 3.09. The van der Waals surface area contributed by atoms with Gasteiger partial charge in [-0.1, -0.05) is 24.3 Å². The summed E-state index contributed by atoms with van der Waals surface area (Å²) in [6.45, 7) is 4.80. The van der Waals surface area contributed by atoms with E-state index in [9.17, 15) is 4.79 Å². The van der Waals surface area contributed by atoms with Crippen LogP contribution in [0.5, 0.6) is 17.2 Å². The summed E-state index contributed by atoms with van der Waals surface area (Å²) >= 11 is 0. The van der Waals surface area contributed by atoms with Gasteiger partial charge in [0.05, 0.1) is 19.8 Å². The molecule has 1 atom stereocenters. The molecule has 178 valence electrons. The van der Waals surface area contributed by atoms with Crippen LogP contribution in [0.1, 0.15) is 16.7 Å². The first-order chi connectivity index (χ1) is 17.2. The molecule has 1 fully saturated rings. The molecule has 3 aromatic rings. The molecule has 35 heavy (non-hydrogen) atoms. The van der Waals surface area contributed by atoms with Gasteiger partial charge < -0.3 is 28.7 Å². The first-order valence-corrected chi connectivity index (χ1v) is 12.0. The number of nitrogens with zero attached hydrogens (tertiary/aromatic N) is 3. The second-order valence-electron chi connectivity index (χ2n) is 9.22. The van der Waals surface area contributed by atoms with Gasteiger partial charge in [0.2, 0.25) is 5.91 Å². The maximum Gasteiger partial charge on any atom is 0.246 e. The van der Waals surface area contributed by atoms with Gasteiger partial charge in [-0.2, -0.15) is 0 Å². The Labute approximate surface area is 203 Å². The number of carbonyl (C=O) groups is 1. The van der Waals surface area contributed by atoms with Crippen molar-refractivity contribution in [3.8, 4) is 17.2 Å². The van der Waals surface area contributed by atoms with Crippen molar-refractivity contribution in [2.24, 2.45) is 0 Å². The fourth-order valence-corrected chi connectivity index (χ4v) is 5.54. The predicted molar refractivity (Wildman–Crippen MR) is 129 cm³/mol. The SMILES string of the molecule is O=C1N(Cc2ccc(N3CCOCC3)nc2)c2ccccc2C12COc1cc3c(cc12)OCCO3. The maximum absolute atomic E-state index is 14.2. The van der Waals surface area contributed by atoms with E-state index >= 15 is 0 Å². The van der Waals surface area contributed by atoms with E-state index in [1.165, 1.54) is 0 Å². The molecule has 5 heterocycles. The summed E-state index contributed by atoms with van der Waals surface area (Å²) in [5.74, 6) is 2.94. The minimum atomic E-state index is -0.900. The van der Waals surface area contributed by atoms with Crippen LogP contribution in [-0.2, 0) is 21.5 Å². The highest BCUT2D eigenvalue weighted by Crippen LogP contribution is 2.55. The lowest BCUT2D eigenvalue weighted by Crippen LogP contribution is -2.42. The molecule has 4 aliphatic heterocycles. The Balaban J connectivity index is 1.24. The normalized spacial score (nSPS) is 22.2. The largest absolute Gasteiger partial charge is 0.491 e. The first-order valence-electron chi connectivity index (χ1n) is 12.0. The number of amides is 1. The molecule has 0 saturated carbocycles. The van der Waals surface area contributed by atoms with Crippen molar-refractivity contribution in [1.82, 2.24) is 4.98 Å². The Bertz CT molecular complexity index is 1300. The Hall–Kier alpha value is -3.78. The molecular formula is C27H25N3O5. The summed E-state index contributed by atoms with van der Waals surface area (Å²) < 4.78 is 23.1. The van der Waals surface area contributed by atoms with Gasteiger partial charge in [-0.05, 0) is 29.3 Å². The fourth-order valence-electron chi connectivity index (χ4n) is 5.54. The molecule has 0 N–H and O–H groups in total. The van der Waals surface area contributed by atoms with Crippen LogP contribution in [0.3, 0.4) is 0 Å². The molecule has 1 amide bonds. The van der Waals surface area contributed by atoms with Crippen molar-refractivity contribution < 1.29 is 23.7 Å². The Morgan fingerprint density at radius 1 is 0.857 bits per heavy atom. The van der Waals surface area contributed by atoms with Crippen molar-refractivity contribution in [2.75, 3.05) is 55.9 Å². The van der Waals surface area contributed by atoms with E-state index in [0.29, 0.717) is 50.2 Å². The third-order valence-corrected chi connectivity index (χ3v) is 7.30. The molecule has 1 saturated heterocycles. The number of rotatable bonds is 3. The zero-order valence-electron chi connectivity index (χ0n) is 19.2. The second kappa shape index (κ2) is 7.88. The number of aromatic nitrogens is 1. The Kier molecular flexibility index (Phi) is 4.63. The summed E-state index contributed by atoms with van der Waals surface area (Å²) in [5.41, 5.74) is 2.77. The molecule has 7 rings (SSSR count). The van der Waals surface area contributed by atoms with Crippen LogP contribution in [-0.4, -0.2) is 57.0 Å². The van der Waals surface area contributed by atoms with E-state index in [4.69, 9.17) is 18.9 Å². The summed E-state index contributed by atoms with van der Waals surface area (Å²) in [6.07, 6.45) is 1.87. The molecule has 2 aromatic carbocycles. The number of hydrogen-bond acceptors (Lipinski definition) is 7. The minimum absolute atomic E-state index is 0.00591. The summed E-state index contributed by atoms with van der Waals surface area (Å²) in [4.78, 5) is 22.9. The van der Waals surface area contributed by atoms with Crippen LogP contribution < -0.4 is 24.0 Å². The van der Waals surface area contributed by atoms with Crippen LogP contribution in [0, 0.1) is 0 Å². The molecule has 0 aliphatic carbocycles. The zero-order valence-corrected chi connectivity index (χ0v) is 19.2. The van der Waals surface area contributed by atoms with Crippen molar-refractivity contribution in [1.29, 1.82) is 0 Å². The second-order valence-corrected chi connectivity index (χ2v) is 9.22. The molecule has 8 heteroatoms. The molecular weight excluding hydrogens is 446 g/mol. The van der Waals surface area contributed by atoms with Crippen molar-refractivity contribution in [3.63, 3.8) is 0 Å². The van der Waals surface area contributed by atoms with Gasteiger partial charge in [-0.25, -0.2) is 4.98 Å². The Morgan fingerprint density at radius 3 is 2.46 bits per heavy atom. The van der Waals surface area contributed by atoms with Gasteiger partial charge in [0.15, 0.2) is 11.5 Å². The zero-order chi connectivity index (χ0) is 23.4. The standard InChI is InChI=1S/C27H25N3O5/c31-26-27(17-35-22-14-24-23(13-20(22)27)33-11-12-34-24)19-3-1-2-4-21(19)30(26)16-18-5-6-25(28-15-18)29-7-9-32-10-8-29/h1-6,13-15H,7-12,16-17H2. The number of hydrogen-bond donors (Lipinski definition) is 0. The van der Waals surface area contributed by atoms with E-state index in [-0.39, 0.29) is 12.5 Å². The van der Waals surface area contributed by atoms with Gasteiger partial charge in [0.25, 0.3) is 0 Å². The van der Waals surface area contributed by atoms with Crippen molar-refractivity contribution in [3.05, 3.63) is 71.4 Å². The molecule has 8 nitrogen and oxygen atoms in total. The number of pyridine rings is 1. The van der Waals surface area contributed by atoms with Gasteiger partial charge in [-0.3, -0.25) is 4.79 Å². The van der Waals surface area contributed by atoms with Gasteiger partial charge in [-0.15, -0.1) is 0 Å². The summed E-state index contributed by atoms with van der Waals surface area (Å²) in [7, 11) is 0. The van der Waals surface area contributed by atoms with Crippen molar-refractivity contribution in [2.45, 2.75) is 12.0 Å². The Morgan fingerprint density at radius 2 is 1.66 bits per heavy atom. The number of fused-ring (bicyclic) bond motifs is 5. The van der Waals surface area contributed by atoms with Crippen molar-refractivity contribution >= 4 is 17.4 Å². The number of anilines is 2. The summed E-state index contributed by atoms with van der Waals surface area (Å²) in [6, 6.07) is 15.8. The molecule has 1 aromatic heterocycles. The fraction of sp³-hybridized carbons (Fsp3) is 0.333. The van der Waals surface area contributed by atoms with Crippen LogP contribution in [0.25, 0.3) is 0 Å².